The molecule has 0 atom stereocenters. The lowest BCUT2D eigenvalue weighted by Gasteiger charge is -2.35. The number of esters is 1. The number of hydrogen-bond donors (Lipinski definition) is 1. The van der Waals surface area contributed by atoms with Crippen molar-refractivity contribution in [2.24, 2.45) is 0 Å². The van der Waals surface area contributed by atoms with E-state index in [9.17, 15) is 14.4 Å². The van der Waals surface area contributed by atoms with Crippen LogP contribution in [0.3, 0.4) is 0 Å². The molecule has 0 aliphatic rings. The number of Topliss-reactive ketones (excluding diaryl/α,β-unsaturated/α-hetero) is 1. The number of nitrogens with zero attached hydrogens (tertiary/aromatic N) is 1. The van der Waals surface area contributed by atoms with Crippen LogP contribution in [0.15, 0.2) is 30.5 Å². The Hall–Kier alpha value is -1.92. The van der Waals surface area contributed by atoms with Crippen LogP contribution in [0.25, 0.3) is 10.9 Å². The number of para-hydroxylation sites is 1. The lowest BCUT2D eigenvalue weighted by atomic mass is 10.1. The van der Waals surface area contributed by atoms with E-state index < -0.39 is 20.1 Å². The Balaban J connectivity index is 2.25. The SMILES string of the molecule is COC(=O)C(=O)c1cn(CCCC(C)(C)[Si](C)(C)O)c2ccccc12. The fourth-order valence-electron chi connectivity index (χ4n) is 2.81. The first-order valence-corrected chi connectivity index (χ1v) is 11.5. The highest BCUT2D eigenvalue weighted by molar-refractivity contribution is 6.72. The minimum absolute atomic E-state index is 0.0827. The van der Waals surface area contributed by atoms with Crippen molar-refractivity contribution in [1.82, 2.24) is 4.57 Å². The van der Waals surface area contributed by atoms with Crippen molar-refractivity contribution in [3.8, 4) is 0 Å². The number of carbonyl (C=O) groups excluding carboxylic acids is 2. The van der Waals surface area contributed by atoms with E-state index in [1.165, 1.54) is 7.11 Å². The second-order valence-corrected chi connectivity index (χ2v) is 12.1. The van der Waals surface area contributed by atoms with Crippen LogP contribution in [0.1, 0.15) is 37.0 Å². The molecule has 0 bridgehead atoms. The van der Waals surface area contributed by atoms with Crippen molar-refractivity contribution in [2.75, 3.05) is 7.11 Å². The average molecular weight is 362 g/mol. The molecule has 1 heterocycles. The fourth-order valence-corrected chi connectivity index (χ4v) is 3.60. The van der Waals surface area contributed by atoms with E-state index in [0.29, 0.717) is 5.56 Å². The normalized spacial score (nSPS) is 12.4. The lowest BCUT2D eigenvalue weighted by molar-refractivity contribution is -0.135. The lowest BCUT2D eigenvalue weighted by Crippen LogP contribution is -2.39. The Bertz CT molecular complexity index is 786. The van der Waals surface area contributed by atoms with Crippen LogP contribution in [-0.4, -0.2) is 36.5 Å². The summed E-state index contributed by atoms with van der Waals surface area (Å²) in [5, 5.41) is 0.676. The number of rotatable bonds is 7. The molecule has 136 valence electrons. The van der Waals surface area contributed by atoms with E-state index in [1.807, 2.05) is 41.9 Å². The van der Waals surface area contributed by atoms with Gasteiger partial charge in [0, 0.05) is 23.6 Å². The largest absolute Gasteiger partial charge is 0.463 e. The van der Waals surface area contributed by atoms with Gasteiger partial charge in [-0.3, -0.25) is 4.79 Å². The number of fused-ring (bicyclic) bond motifs is 1. The van der Waals surface area contributed by atoms with Gasteiger partial charge < -0.3 is 14.1 Å². The van der Waals surface area contributed by atoms with Crippen molar-refractivity contribution in [2.45, 2.75) is 51.4 Å². The number of aryl methyl sites for hydroxylation is 1. The molecule has 25 heavy (non-hydrogen) atoms. The van der Waals surface area contributed by atoms with E-state index >= 15 is 0 Å². The highest BCUT2D eigenvalue weighted by atomic mass is 28.4. The van der Waals surface area contributed by atoms with E-state index in [1.54, 1.807) is 6.20 Å². The Kier molecular flexibility index (Phi) is 5.54. The Morgan fingerprint density at radius 3 is 2.48 bits per heavy atom. The maximum absolute atomic E-state index is 12.3. The molecule has 0 spiro atoms. The third-order valence-electron chi connectivity index (χ3n) is 5.26. The van der Waals surface area contributed by atoms with Gasteiger partial charge in [-0.15, -0.1) is 0 Å². The molecule has 0 saturated heterocycles. The summed E-state index contributed by atoms with van der Waals surface area (Å²) in [4.78, 5) is 34.3. The van der Waals surface area contributed by atoms with Gasteiger partial charge in [-0.25, -0.2) is 4.79 Å². The zero-order chi connectivity index (χ0) is 18.8. The van der Waals surface area contributed by atoms with E-state index in [-0.39, 0.29) is 5.04 Å². The zero-order valence-electron chi connectivity index (χ0n) is 15.6. The van der Waals surface area contributed by atoms with Crippen LogP contribution in [0.2, 0.25) is 18.1 Å². The summed E-state index contributed by atoms with van der Waals surface area (Å²) in [6.07, 6.45) is 3.52. The average Bonchev–Trinajstić information content (AvgIpc) is 2.91. The monoisotopic (exact) mass is 361 g/mol. The highest BCUT2D eigenvalue weighted by Gasteiger charge is 2.37. The topological polar surface area (TPSA) is 68.5 Å². The Labute approximate surface area is 149 Å². The molecule has 5 nitrogen and oxygen atoms in total. The van der Waals surface area contributed by atoms with Crippen LogP contribution < -0.4 is 0 Å². The molecule has 0 saturated carbocycles. The number of benzene rings is 1. The van der Waals surface area contributed by atoms with Crippen molar-refractivity contribution in [3.05, 3.63) is 36.0 Å². The summed E-state index contributed by atoms with van der Waals surface area (Å²) < 4.78 is 6.57. The summed E-state index contributed by atoms with van der Waals surface area (Å²) in [5.41, 5.74) is 1.30. The van der Waals surface area contributed by atoms with E-state index in [2.05, 4.69) is 18.6 Å². The molecular weight excluding hydrogens is 334 g/mol. The number of ketones is 1. The summed E-state index contributed by atoms with van der Waals surface area (Å²) in [7, 11) is -1.02. The third-order valence-corrected chi connectivity index (χ3v) is 8.82. The summed E-state index contributed by atoms with van der Waals surface area (Å²) in [5.74, 6) is -1.47. The quantitative estimate of drug-likeness (QED) is 0.353. The number of ether oxygens (including phenoxy) is 1. The van der Waals surface area contributed by atoms with E-state index in [4.69, 9.17) is 0 Å². The maximum Gasteiger partial charge on any atom is 0.379 e. The maximum atomic E-state index is 12.3. The molecule has 1 aromatic heterocycles. The Morgan fingerprint density at radius 2 is 1.88 bits per heavy atom. The van der Waals surface area contributed by atoms with Gasteiger partial charge in [0.05, 0.1) is 12.7 Å². The Morgan fingerprint density at radius 1 is 1.24 bits per heavy atom. The molecule has 0 aliphatic heterocycles. The highest BCUT2D eigenvalue weighted by Crippen LogP contribution is 2.40. The third kappa shape index (κ3) is 4.02. The first kappa shape index (κ1) is 19.4. The van der Waals surface area contributed by atoms with Gasteiger partial charge in [0.1, 0.15) is 0 Å². The summed E-state index contributed by atoms with van der Waals surface area (Å²) in [6, 6.07) is 7.55. The molecule has 6 heteroatoms. The molecule has 0 unspecified atom stereocenters. The standard InChI is InChI=1S/C19H27NO4Si/c1-19(2,25(4,5)23)11-8-12-20-13-15(17(21)18(22)24-3)14-9-6-7-10-16(14)20/h6-7,9-10,13,23H,8,11-12H2,1-5H3. The first-order chi connectivity index (χ1) is 11.6. The molecule has 1 N–H and O–H groups in total. The van der Waals surface area contributed by atoms with Crippen molar-refractivity contribution < 1.29 is 19.1 Å². The van der Waals surface area contributed by atoms with Crippen LogP contribution in [0, 0.1) is 0 Å². The second kappa shape index (κ2) is 7.13. The van der Waals surface area contributed by atoms with Gasteiger partial charge in [-0.05, 0) is 37.0 Å². The molecule has 2 aromatic rings. The van der Waals surface area contributed by atoms with Crippen molar-refractivity contribution in [1.29, 1.82) is 0 Å². The number of carbonyl (C=O) groups is 2. The van der Waals surface area contributed by atoms with Crippen LogP contribution in [-0.2, 0) is 16.1 Å². The predicted octanol–water partition coefficient (Wildman–Crippen LogP) is 3.75. The predicted molar refractivity (Wildman–Crippen MR) is 101 cm³/mol. The smallest absolute Gasteiger partial charge is 0.379 e. The molecule has 1 aromatic carbocycles. The van der Waals surface area contributed by atoms with Gasteiger partial charge in [-0.2, -0.15) is 0 Å². The van der Waals surface area contributed by atoms with Crippen LogP contribution in [0.4, 0.5) is 0 Å². The fraction of sp³-hybridized carbons (Fsp3) is 0.474. The van der Waals surface area contributed by atoms with Crippen LogP contribution >= 0.6 is 0 Å². The van der Waals surface area contributed by atoms with Gasteiger partial charge in [0.15, 0.2) is 8.32 Å². The number of aromatic nitrogens is 1. The molecule has 2 rings (SSSR count). The number of methoxy groups -OCH3 is 1. The molecule has 0 amide bonds. The van der Waals surface area contributed by atoms with Crippen molar-refractivity contribution in [3.63, 3.8) is 0 Å². The molecular formula is C19H27NO4Si. The van der Waals surface area contributed by atoms with Gasteiger partial charge in [0.25, 0.3) is 5.78 Å². The zero-order valence-corrected chi connectivity index (χ0v) is 16.6. The van der Waals surface area contributed by atoms with E-state index in [0.717, 1.165) is 30.3 Å². The van der Waals surface area contributed by atoms with Crippen molar-refractivity contribution >= 4 is 31.0 Å². The van der Waals surface area contributed by atoms with Gasteiger partial charge >= 0.3 is 5.97 Å². The first-order valence-electron chi connectivity index (χ1n) is 8.51. The summed E-state index contributed by atoms with van der Waals surface area (Å²) >= 11 is 0. The minimum atomic E-state index is -2.23. The molecule has 0 fully saturated rings. The number of hydrogen-bond acceptors (Lipinski definition) is 4. The molecule has 0 aliphatic carbocycles. The van der Waals surface area contributed by atoms with Gasteiger partial charge in [-0.1, -0.05) is 32.0 Å². The van der Waals surface area contributed by atoms with Gasteiger partial charge in [0.2, 0.25) is 0 Å². The second-order valence-electron chi connectivity index (χ2n) is 7.62. The van der Waals surface area contributed by atoms with Crippen LogP contribution in [0.5, 0.6) is 0 Å². The summed E-state index contributed by atoms with van der Waals surface area (Å²) in [6.45, 7) is 8.87. The minimum Gasteiger partial charge on any atom is -0.463 e. The molecule has 0 radical (unpaired) electrons.